The fourth-order valence-corrected chi connectivity index (χ4v) is 2.38. The second kappa shape index (κ2) is 4.21. The summed E-state index contributed by atoms with van der Waals surface area (Å²) in [6.07, 6.45) is 1.77. The van der Waals surface area contributed by atoms with Gasteiger partial charge in [-0.15, -0.1) is 0 Å². The lowest BCUT2D eigenvalue weighted by atomic mass is 10.1. The zero-order chi connectivity index (χ0) is 12.7. The van der Waals surface area contributed by atoms with Crippen LogP contribution in [0, 0.1) is 13.8 Å². The maximum atomic E-state index is 4.60. The van der Waals surface area contributed by atoms with Gasteiger partial charge in [-0.25, -0.2) is 4.98 Å². The lowest BCUT2D eigenvalue weighted by Gasteiger charge is -1.97. The van der Waals surface area contributed by atoms with Crippen molar-refractivity contribution in [3.8, 4) is 11.5 Å². The van der Waals surface area contributed by atoms with E-state index >= 15 is 0 Å². The van der Waals surface area contributed by atoms with Crippen molar-refractivity contribution in [1.29, 1.82) is 0 Å². The lowest BCUT2D eigenvalue weighted by Crippen LogP contribution is -1.85. The van der Waals surface area contributed by atoms with Crippen molar-refractivity contribution < 1.29 is 0 Å². The minimum Gasteiger partial charge on any atom is -0.337 e. The maximum absolute atomic E-state index is 4.60. The van der Waals surface area contributed by atoms with Gasteiger partial charge in [-0.3, -0.25) is 4.98 Å². The van der Waals surface area contributed by atoms with Gasteiger partial charge < -0.3 is 4.98 Å². The van der Waals surface area contributed by atoms with Crippen LogP contribution in [0.2, 0.25) is 0 Å². The Hall–Kier alpha value is -1.68. The minimum absolute atomic E-state index is 0.794. The Balaban J connectivity index is 2.23. The summed E-state index contributed by atoms with van der Waals surface area (Å²) in [5, 5.41) is 0. The molecule has 2 aromatic heterocycles. The largest absolute Gasteiger partial charge is 0.337 e. The molecule has 0 aliphatic carbocycles. The summed E-state index contributed by atoms with van der Waals surface area (Å²) in [4.78, 5) is 12.3. The Morgan fingerprint density at radius 2 is 1.94 bits per heavy atom. The molecule has 0 radical (unpaired) electrons. The molecule has 0 spiro atoms. The average Bonchev–Trinajstić information content (AvgIpc) is 2.73. The SMILES string of the molecule is Cc1cc2nc(-c3ncccc3Br)[nH]c2cc1C. The van der Waals surface area contributed by atoms with E-state index < -0.39 is 0 Å². The van der Waals surface area contributed by atoms with Crippen LogP contribution in [0.25, 0.3) is 22.6 Å². The molecule has 3 aromatic rings. The van der Waals surface area contributed by atoms with E-state index in [0.29, 0.717) is 0 Å². The number of aryl methyl sites for hydroxylation is 2. The number of nitrogens with zero attached hydrogens (tertiary/aromatic N) is 2. The summed E-state index contributed by atoms with van der Waals surface area (Å²) in [6, 6.07) is 8.08. The molecule has 4 heteroatoms. The summed E-state index contributed by atoms with van der Waals surface area (Å²) >= 11 is 3.50. The van der Waals surface area contributed by atoms with Gasteiger partial charge in [0.05, 0.1) is 11.0 Å². The average molecular weight is 302 g/mol. The standard InChI is InChI=1S/C14H12BrN3/c1-8-6-11-12(7-9(8)2)18-14(17-11)13-10(15)4-3-5-16-13/h3-7H,1-2H3,(H,17,18). The van der Waals surface area contributed by atoms with E-state index in [9.17, 15) is 0 Å². The molecule has 0 bridgehead atoms. The molecule has 0 unspecified atom stereocenters. The molecule has 0 aliphatic heterocycles. The molecule has 0 fully saturated rings. The minimum atomic E-state index is 0.794. The van der Waals surface area contributed by atoms with Crippen LogP contribution in [-0.2, 0) is 0 Å². The lowest BCUT2D eigenvalue weighted by molar-refractivity contribution is 1.22. The quantitative estimate of drug-likeness (QED) is 0.738. The third kappa shape index (κ3) is 1.82. The Morgan fingerprint density at radius 1 is 1.17 bits per heavy atom. The zero-order valence-electron chi connectivity index (χ0n) is 10.2. The topological polar surface area (TPSA) is 41.6 Å². The first-order valence-corrected chi connectivity index (χ1v) is 6.52. The second-order valence-electron chi connectivity index (χ2n) is 4.37. The number of hydrogen-bond acceptors (Lipinski definition) is 2. The highest BCUT2D eigenvalue weighted by molar-refractivity contribution is 9.10. The van der Waals surface area contributed by atoms with E-state index in [0.717, 1.165) is 27.0 Å². The van der Waals surface area contributed by atoms with Crippen molar-refractivity contribution in [3.05, 3.63) is 46.1 Å². The number of aromatic amines is 1. The van der Waals surface area contributed by atoms with E-state index in [4.69, 9.17) is 0 Å². The Labute approximate surface area is 113 Å². The van der Waals surface area contributed by atoms with E-state index in [1.165, 1.54) is 11.1 Å². The molecular formula is C14H12BrN3. The number of rotatable bonds is 1. The molecule has 1 aromatic carbocycles. The number of hydrogen-bond donors (Lipinski definition) is 1. The van der Waals surface area contributed by atoms with E-state index in [2.05, 4.69) is 56.9 Å². The van der Waals surface area contributed by atoms with Crippen molar-refractivity contribution in [3.63, 3.8) is 0 Å². The van der Waals surface area contributed by atoms with Crippen LogP contribution in [0.5, 0.6) is 0 Å². The van der Waals surface area contributed by atoms with Crippen molar-refractivity contribution in [2.24, 2.45) is 0 Å². The molecule has 0 atom stereocenters. The number of halogens is 1. The van der Waals surface area contributed by atoms with Crippen molar-refractivity contribution in [1.82, 2.24) is 15.0 Å². The normalized spacial score (nSPS) is 11.1. The number of fused-ring (bicyclic) bond motifs is 1. The summed E-state index contributed by atoms with van der Waals surface area (Å²) < 4.78 is 0.942. The number of benzene rings is 1. The zero-order valence-corrected chi connectivity index (χ0v) is 11.7. The second-order valence-corrected chi connectivity index (χ2v) is 5.23. The number of nitrogens with one attached hydrogen (secondary N) is 1. The first kappa shape index (κ1) is 11.4. The maximum Gasteiger partial charge on any atom is 0.158 e. The van der Waals surface area contributed by atoms with Crippen LogP contribution in [0.1, 0.15) is 11.1 Å². The number of H-pyrrole nitrogens is 1. The summed E-state index contributed by atoms with van der Waals surface area (Å²) in [6.45, 7) is 4.20. The van der Waals surface area contributed by atoms with Crippen molar-refractivity contribution >= 4 is 27.0 Å². The van der Waals surface area contributed by atoms with Gasteiger partial charge in [0.25, 0.3) is 0 Å². The predicted octanol–water partition coefficient (Wildman–Crippen LogP) is 4.00. The monoisotopic (exact) mass is 301 g/mol. The van der Waals surface area contributed by atoms with Gasteiger partial charge in [-0.05, 0) is 65.2 Å². The molecular weight excluding hydrogens is 290 g/mol. The van der Waals surface area contributed by atoms with Crippen LogP contribution < -0.4 is 0 Å². The van der Waals surface area contributed by atoms with Gasteiger partial charge in [0.2, 0.25) is 0 Å². The van der Waals surface area contributed by atoms with Crippen LogP contribution >= 0.6 is 15.9 Å². The van der Waals surface area contributed by atoms with Gasteiger partial charge >= 0.3 is 0 Å². The highest BCUT2D eigenvalue weighted by Gasteiger charge is 2.10. The summed E-state index contributed by atoms with van der Waals surface area (Å²) in [7, 11) is 0. The van der Waals surface area contributed by atoms with Crippen LogP contribution in [0.4, 0.5) is 0 Å². The molecule has 0 aliphatic rings. The third-order valence-corrected chi connectivity index (χ3v) is 3.72. The van der Waals surface area contributed by atoms with Crippen molar-refractivity contribution in [2.75, 3.05) is 0 Å². The van der Waals surface area contributed by atoms with Crippen LogP contribution in [-0.4, -0.2) is 15.0 Å². The molecule has 18 heavy (non-hydrogen) atoms. The number of imidazole rings is 1. The van der Waals surface area contributed by atoms with E-state index in [-0.39, 0.29) is 0 Å². The van der Waals surface area contributed by atoms with E-state index in [1.807, 2.05) is 12.1 Å². The fraction of sp³-hybridized carbons (Fsp3) is 0.143. The highest BCUT2D eigenvalue weighted by atomic mass is 79.9. The predicted molar refractivity (Wildman–Crippen MR) is 76.5 cm³/mol. The first-order chi connectivity index (χ1) is 8.65. The molecule has 0 saturated carbocycles. The molecule has 90 valence electrons. The van der Waals surface area contributed by atoms with Crippen LogP contribution in [0.3, 0.4) is 0 Å². The molecule has 0 amide bonds. The van der Waals surface area contributed by atoms with Gasteiger partial charge in [0, 0.05) is 10.7 Å². The molecule has 1 N–H and O–H groups in total. The Morgan fingerprint density at radius 3 is 2.72 bits per heavy atom. The van der Waals surface area contributed by atoms with Gasteiger partial charge in [-0.1, -0.05) is 0 Å². The van der Waals surface area contributed by atoms with Gasteiger partial charge in [-0.2, -0.15) is 0 Å². The molecule has 2 heterocycles. The summed E-state index contributed by atoms with van der Waals surface area (Å²) in [5.74, 6) is 0.794. The van der Waals surface area contributed by atoms with Crippen LogP contribution in [0.15, 0.2) is 34.9 Å². The highest BCUT2D eigenvalue weighted by Crippen LogP contribution is 2.26. The number of pyridine rings is 1. The molecule has 0 saturated heterocycles. The van der Waals surface area contributed by atoms with Gasteiger partial charge in [0.15, 0.2) is 5.82 Å². The third-order valence-electron chi connectivity index (χ3n) is 3.08. The Bertz CT molecular complexity index is 692. The Kier molecular flexibility index (Phi) is 2.67. The first-order valence-electron chi connectivity index (χ1n) is 5.73. The summed E-state index contributed by atoms with van der Waals surface area (Å²) in [5.41, 5.74) is 5.37. The number of aromatic nitrogens is 3. The molecule has 3 rings (SSSR count). The smallest absolute Gasteiger partial charge is 0.158 e. The van der Waals surface area contributed by atoms with Gasteiger partial charge in [0.1, 0.15) is 5.69 Å². The van der Waals surface area contributed by atoms with Crippen molar-refractivity contribution in [2.45, 2.75) is 13.8 Å². The molecule has 3 nitrogen and oxygen atoms in total. The fourth-order valence-electron chi connectivity index (χ4n) is 1.94. The van der Waals surface area contributed by atoms with E-state index in [1.54, 1.807) is 6.20 Å².